The minimum absolute atomic E-state index is 0.391. The van der Waals surface area contributed by atoms with Crippen molar-refractivity contribution >= 4 is 28.4 Å². The molecule has 0 amide bonds. The van der Waals surface area contributed by atoms with Crippen molar-refractivity contribution in [3.63, 3.8) is 0 Å². The summed E-state index contributed by atoms with van der Waals surface area (Å²) >= 11 is 6.14. The SMILES string of the molecule is [CH2]SC(=S)OC1CCCC1. The first-order chi connectivity index (χ1) is 4.83. The molecular weight excluding hydrogens is 164 g/mol. The van der Waals surface area contributed by atoms with Gasteiger partial charge in [-0.2, -0.15) is 0 Å². The smallest absolute Gasteiger partial charge is 0.220 e. The second kappa shape index (κ2) is 4.19. The number of thioether (sulfide) groups is 1. The van der Waals surface area contributed by atoms with E-state index in [1.807, 2.05) is 0 Å². The summed E-state index contributed by atoms with van der Waals surface area (Å²) in [5, 5.41) is 0. The van der Waals surface area contributed by atoms with Gasteiger partial charge in [0.15, 0.2) is 0 Å². The molecular formula is C7H11OS2. The van der Waals surface area contributed by atoms with Gasteiger partial charge in [0.1, 0.15) is 6.10 Å². The molecule has 1 rings (SSSR count). The van der Waals surface area contributed by atoms with Crippen LogP contribution < -0.4 is 0 Å². The molecule has 1 fully saturated rings. The maximum atomic E-state index is 5.39. The van der Waals surface area contributed by atoms with Crippen LogP contribution in [0.2, 0.25) is 0 Å². The molecule has 0 unspecified atom stereocenters. The quantitative estimate of drug-likeness (QED) is 0.567. The molecule has 1 nitrogen and oxygen atoms in total. The molecule has 0 atom stereocenters. The van der Waals surface area contributed by atoms with Crippen molar-refractivity contribution in [1.29, 1.82) is 0 Å². The lowest BCUT2D eigenvalue weighted by atomic mass is 10.3. The van der Waals surface area contributed by atoms with Crippen molar-refractivity contribution in [2.24, 2.45) is 0 Å². The van der Waals surface area contributed by atoms with E-state index in [4.69, 9.17) is 17.0 Å². The van der Waals surface area contributed by atoms with Gasteiger partial charge in [-0.15, -0.1) is 0 Å². The second-order valence-electron chi connectivity index (χ2n) is 2.42. The van der Waals surface area contributed by atoms with E-state index < -0.39 is 0 Å². The minimum Gasteiger partial charge on any atom is -0.475 e. The van der Waals surface area contributed by atoms with E-state index in [0.29, 0.717) is 10.5 Å². The Kier molecular flexibility index (Phi) is 3.49. The van der Waals surface area contributed by atoms with Crippen molar-refractivity contribution in [1.82, 2.24) is 0 Å². The maximum absolute atomic E-state index is 5.39. The van der Waals surface area contributed by atoms with Crippen molar-refractivity contribution in [2.45, 2.75) is 31.8 Å². The molecule has 1 radical (unpaired) electrons. The van der Waals surface area contributed by atoms with Crippen molar-refractivity contribution in [3.05, 3.63) is 6.26 Å². The standard InChI is InChI=1S/C7H11OS2/c1-10-7(9)8-6-4-2-3-5-6/h6H,1-5H2. The summed E-state index contributed by atoms with van der Waals surface area (Å²) in [7, 11) is 0. The molecule has 57 valence electrons. The van der Waals surface area contributed by atoms with Crippen molar-refractivity contribution in [3.8, 4) is 0 Å². The number of hydrogen-bond acceptors (Lipinski definition) is 3. The van der Waals surface area contributed by atoms with Crippen LogP contribution in [0.25, 0.3) is 0 Å². The summed E-state index contributed by atoms with van der Waals surface area (Å²) in [6, 6.07) is 0. The average Bonchev–Trinajstić information content (AvgIpc) is 2.40. The second-order valence-corrected chi connectivity index (χ2v) is 3.71. The van der Waals surface area contributed by atoms with Crippen LogP contribution in [0.1, 0.15) is 25.7 Å². The third-order valence-corrected chi connectivity index (χ3v) is 2.46. The Morgan fingerprint density at radius 3 is 2.60 bits per heavy atom. The molecule has 0 bridgehead atoms. The van der Waals surface area contributed by atoms with E-state index in [-0.39, 0.29) is 0 Å². The molecule has 0 aliphatic heterocycles. The monoisotopic (exact) mass is 175 g/mol. The molecule has 0 N–H and O–H groups in total. The van der Waals surface area contributed by atoms with Crippen LogP contribution in [-0.4, -0.2) is 10.5 Å². The van der Waals surface area contributed by atoms with Crippen molar-refractivity contribution < 1.29 is 4.74 Å². The van der Waals surface area contributed by atoms with Gasteiger partial charge in [0.05, 0.1) is 0 Å². The lowest BCUT2D eigenvalue weighted by Gasteiger charge is -2.10. The predicted octanol–water partition coefficient (Wildman–Crippen LogP) is 2.76. The average molecular weight is 175 g/mol. The molecule has 10 heavy (non-hydrogen) atoms. The third kappa shape index (κ3) is 2.46. The Morgan fingerprint density at radius 1 is 1.50 bits per heavy atom. The first-order valence-corrected chi connectivity index (χ1v) is 4.85. The van der Waals surface area contributed by atoms with Gasteiger partial charge in [-0.25, -0.2) is 0 Å². The van der Waals surface area contributed by atoms with E-state index in [2.05, 4.69) is 6.26 Å². The lowest BCUT2D eigenvalue weighted by Crippen LogP contribution is -2.09. The summed E-state index contributed by atoms with van der Waals surface area (Å²) < 4.78 is 5.98. The highest BCUT2D eigenvalue weighted by molar-refractivity contribution is 8.23. The fraction of sp³-hybridized carbons (Fsp3) is 0.714. The van der Waals surface area contributed by atoms with Gasteiger partial charge in [-0.3, -0.25) is 0 Å². The van der Waals surface area contributed by atoms with E-state index in [0.717, 1.165) is 0 Å². The molecule has 1 aliphatic rings. The highest BCUT2D eigenvalue weighted by atomic mass is 32.2. The van der Waals surface area contributed by atoms with Crippen LogP contribution in [0.3, 0.4) is 0 Å². The Labute approximate surface area is 71.5 Å². The first kappa shape index (κ1) is 8.34. The Hall–Kier alpha value is 0.240. The van der Waals surface area contributed by atoms with Gasteiger partial charge >= 0.3 is 0 Å². The zero-order chi connectivity index (χ0) is 7.40. The van der Waals surface area contributed by atoms with Gasteiger partial charge in [0.25, 0.3) is 0 Å². The zero-order valence-corrected chi connectivity index (χ0v) is 7.47. The van der Waals surface area contributed by atoms with E-state index in [9.17, 15) is 0 Å². The highest BCUT2D eigenvalue weighted by Crippen LogP contribution is 2.22. The van der Waals surface area contributed by atoms with Crippen LogP contribution in [0.15, 0.2) is 0 Å². The van der Waals surface area contributed by atoms with Crippen LogP contribution in [-0.2, 0) is 4.74 Å². The number of rotatable bonds is 1. The van der Waals surface area contributed by atoms with Gasteiger partial charge in [0, 0.05) is 6.26 Å². The van der Waals surface area contributed by atoms with Crippen LogP contribution in [0, 0.1) is 6.26 Å². The summed E-state index contributed by atoms with van der Waals surface area (Å²) in [6.07, 6.45) is 8.88. The lowest BCUT2D eigenvalue weighted by molar-refractivity contribution is 0.209. The number of ether oxygens (including phenoxy) is 1. The molecule has 1 aliphatic carbocycles. The Bertz CT molecular complexity index is 119. The molecule has 0 saturated heterocycles. The van der Waals surface area contributed by atoms with E-state index in [1.165, 1.54) is 37.4 Å². The number of hydrogen-bond donors (Lipinski definition) is 0. The summed E-state index contributed by atoms with van der Waals surface area (Å²) in [5.74, 6) is 0. The number of thiocarbonyl (C=S) groups is 1. The molecule has 0 aromatic heterocycles. The van der Waals surface area contributed by atoms with Crippen LogP contribution in [0.5, 0.6) is 0 Å². The molecule has 0 aromatic rings. The third-order valence-electron chi connectivity index (χ3n) is 1.68. The Balaban J connectivity index is 2.17. The van der Waals surface area contributed by atoms with Gasteiger partial charge in [-0.05, 0) is 37.9 Å². The fourth-order valence-electron chi connectivity index (χ4n) is 1.18. The van der Waals surface area contributed by atoms with Crippen LogP contribution in [0.4, 0.5) is 0 Å². The molecule has 1 saturated carbocycles. The van der Waals surface area contributed by atoms with Crippen molar-refractivity contribution in [2.75, 3.05) is 0 Å². The molecule has 0 aromatic carbocycles. The predicted molar refractivity (Wildman–Crippen MR) is 48.9 cm³/mol. The summed E-state index contributed by atoms with van der Waals surface area (Å²) in [5.41, 5.74) is 0. The Morgan fingerprint density at radius 2 is 2.10 bits per heavy atom. The normalized spacial score (nSPS) is 19.3. The minimum atomic E-state index is 0.391. The maximum Gasteiger partial charge on any atom is 0.220 e. The van der Waals surface area contributed by atoms with Crippen LogP contribution >= 0.6 is 24.0 Å². The molecule has 3 heteroatoms. The van der Waals surface area contributed by atoms with Gasteiger partial charge < -0.3 is 4.74 Å². The van der Waals surface area contributed by atoms with E-state index in [1.54, 1.807) is 0 Å². The van der Waals surface area contributed by atoms with E-state index >= 15 is 0 Å². The highest BCUT2D eigenvalue weighted by Gasteiger charge is 2.16. The summed E-state index contributed by atoms with van der Waals surface area (Å²) in [6.45, 7) is 0. The zero-order valence-electron chi connectivity index (χ0n) is 5.84. The molecule has 0 spiro atoms. The summed E-state index contributed by atoms with van der Waals surface area (Å²) in [4.78, 5) is 0. The largest absolute Gasteiger partial charge is 0.475 e. The topological polar surface area (TPSA) is 9.23 Å². The fourth-order valence-corrected chi connectivity index (χ4v) is 1.52. The van der Waals surface area contributed by atoms with Gasteiger partial charge in [-0.1, -0.05) is 11.8 Å². The first-order valence-electron chi connectivity index (χ1n) is 3.45. The van der Waals surface area contributed by atoms with Gasteiger partial charge in [0.2, 0.25) is 4.38 Å². The molecule has 0 heterocycles.